The lowest BCUT2D eigenvalue weighted by Gasteiger charge is -2.22. The molecule has 0 bridgehead atoms. The molecule has 146 valence electrons. The first-order valence-corrected chi connectivity index (χ1v) is 9.80. The maximum Gasteiger partial charge on any atom is 0.227 e. The van der Waals surface area contributed by atoms with Crippen LogP contribution >= 0.6 is 0 Å². The Hall–Kier alpha value is -2.66. The van der Waals surface area contributed by atoms with Crippen molar-refractivity contribution in [3.63, 3.8) is 0 Å². The molecule has 1 amide bonds. The first kappa shape index (κ1) is 18.7. The fourth-order valence-electron chi connectivity index (χ4n) is 3.83. The minimum atomic E-state index is -0.210. The van der Waals surface area contributed by atoms with Crippen LogP contribution in [-0.4, -0.2) is 41.9 Å². The van der Waals surface area contributed by atoms with Gasteiger partial charge in [0.25, 0.3) is 0 Å². The summed E-state index contributed by atoms with van der Waals surface area (Å²) in [5.41, 5.74) is 4.03. The first-order valence-electron chi connectivity index (χ1n) is 9.80. The summed E-state index contributed by atoms with van der Waals surface area (Å²) >= 11 is 0. The van der Waals surface area contributed by atoms with Crippen molar-refractivity contribution in [3.8, 4) is 0 Å². The van der Waals surface area contributed by atoms with Crippen molar-refractivity contribution in [2.75, 3.05) is 26.2 Å². The van der Waals surface area contributed by atoms with Crippen LogP contribution in [0.3, 0.4) is 0 Å². The molecule has 28 heavy (non-hydrogen) atoms. The van der Waals surface area contributed by atoms with Crippen LogP contribution in [0.2, 0.25) is 0 Å². The Balaban J connectivity index is 1.36. The molecule has 0 radical (unpaired) electrons. The van der Waals surface area contributed by atoms with E-state index < -0.39 is 0 Å². The molecule has 0 aliphatic carbocycles. The Labute approximate surface area is 164 Å². The van der Waals surface area contributed by atoms with Gasteiger partial charge in [0.15, 0.2) is 0 Å². The minimum absolute atomic E-state index is 0.145. The normalized spacial score (nSPS) is 15.7. The van der Waals surface area contributed by atoms with E-state index in [2.05, 4.69) is 4.90 Å². The monoisotopic (exact) mass is 380 g/mol. The van der Waals surface area contributed by atoms with Crippen molar-refractivity contribution in [1.29, 1.82) is 0 Å². The maximum atomic E-state index is 13.1. The van der Waals surface area contributed by atoms with Gasteiger partial charge in [0, 0.05) is 43.7 Å². The van der Waals surface area contributed by atoms with Gasteiger partial charge in [0.2, 0.25) is 5.91 Å². The van der Waals surface area contributed by atoms with Crippen LogP contribution in [0.15, 0.2) is 53.1 Å². The summed E-state index contributed by atoms with van der Waals surface area (Å²) in [7, 11) is 0. The zero-order valence-corrected chi connectivity index (χ0v) is 16.2. The maximum absolute atomic E-state index is 13.1. The van der Waals surface area contributed by atoms with E-state index in [1.807, 2.05) is 42.2 Å². The number of carbonyl (C=O) groups excluding carboxylic acids is 1. The molecule has 4 nitrogen and oxygen atoms in total. The van der Waals surface area contributed by atoms with Crippen LogP contribution in [0.4, 0.5) is 4.39 Å². The van der Waals surface area contributed by atoms with Gasteiger partial charge in [-0.25, -0.2) is 4.39 Å². The Morgan fingerprint density at radius 1 is 1.07 bits per heavy atom. The third kappa shape index (κ3) is 4.25. The van der Waals surface area contributed by atoms with Gasteiger partial charge in [-0.15, -0.1) is 0 Å². The zero-order chi connectivity index (χ0) is 19.5. The predicted molar refractivity (Wildman–Crippen MR) is 108 cm³/mol. The van der Waals surface area contributed by atoms with Crippen molar-refractivity contribution >= 4 is 16.9 Å². The summed E-state index contributed by atoms with van der Waals surface area (Å²) < 4.78 is 18.7. The van der Waals surface area contributed by atoms with Crippen LogP contribution in [0.5, 0.6) is 0 Å². The summed E-state index contributed by atoms with van der Waals surface area (Å²) in [6, 6.07) is 12.7. The fraction of sp³-hybridized carbons (Fsp3) is 0.348. The van der Waals surface area contributed by atoms with Crippen LogP contribution in [0.25, 0.3) is 11.0 Å². The number of nitrogens with zero attached hydrogens (tertiary/aromatic N) is 2. The third-order valence-electron chi connectivity index (χ3n) is 5.41. The zero-order valence-electron chi connectivity index (χ0n) is 16.2. The van der Waals surface area contributed by atoms with E-state index in [0.717, 1.165) is 66.8 Å². The molecule has 2 heterocycles. The van der Waals surface area contributed by atoms with Crippen molar-refractivity contribution in [2.45, 2.75) is 26.3 Å². The molecule has 1 aliphatic heterocycles. The number of hydrogen-bond acceptors (Lipinski definition) is 3. The molecule has 0 atom stereocenters. The summed E-state index contributed by atoms with van der Waals surface area (Å²) in [6.07, 6.45) is 3.02. The van der Waals surface area contributed by atoms with Gasteiger partial charge in [0.05, 0.1) is 12.7 Å². The number of hydrogen-bond donors (Lipinski definition) is 0. The lowest BCUT2D eigenvalue weighted by molar-refractivity contribution is -0.130. The number of rotatable bonds is 4. The lowest BCUT2D eigenvalue weighted by Crippen LogP contribution is -2.36. The third-order valence-corrected chi connectivity index (χ3v) is 5.41. The largest absolute Gasteiger partial charge is 0.464 e. The first-order chi connectivity index (χ1) is 13.6. The van der Waals surface area contributed by atoms with Gasteiger partial charge in [-0.3, -0.25) is 9.69 Å². The van der Waals surface area contributed by atoms with Gasteiger partial charge < -0.3 is 9.32 Å². The number of halogens is 1. The molecule has 4 rings (SSSR count). The SMILES string of the molecule is Cc1ccc2c(CC(=O)N3CCCN(Cc4ccc(F)cc4)CC3)coc2c1. The van der Waals surface area contributed by atoms with Gasteiger partial charge in [-0.2, -0.15) is 0 Å². The average Bonchev–Trinajstić information content (AvgIpc) is 2.92. The molecule has 1 fully saturated rings. The summed E-state index contributed by atoms with van der Waals surface area (Å²) in [6.45, 7) is 6.07. The minimum Gasteiger partial charge on any atom is -0.464 e. The van der Waals surface area contributed by atoms with E-state index in [4.69, 9.17) is 4.42 Å². The number of benzene rings is 2. The molecular weight excluding hydrogens is 355 g/mol. The smallest absolute Gasteiger partial charge is 0.227 e. The van der Waals surface area contributed by atoms with Crippen LogP contribution in [0, 0.1) is 12.7 Å². The van der Waals surface area contributed by atoms with Crippen LogP contribution < -0.4 is 0 Å². The Bertz CT molecular complexity index is 964. The quantitative estimate of drug-likeness (QED) is 0.682. The molecule has 2 aromatic carbocycles. The lowest BCUT2D eigenvalue weighted by atomic mass is 10.1. The second kappa shape index (κ2) is 8.15. The molecule has 0 N–H and O–H groups in total. The number of fused-ring (bicyclic) bond motifs is 1. The summed E-state index contributed by atoms with van der Waals surface area (Å²) in [5, 5.41) is 1.02. The molecule has 1 aliphatic rings. The van der Waals surface area contributed by atoms with E-state index in [-0.39, 0.29) is 11.7 Å². The van der Waals surface area contributed by atoms with Crippen LogP contribution in [0.1, 0.15) is 23.1 Å². The highest BCUT2D eigenvalue weighted by atomic mass is 19.1. The highest BCUT2D eigenvalue weighted by molar-refractivity contribution is 5.88. The van der Waals surface area contributed by atoms with Crippen molar-refractivity contribution in [3.05, 3.63) is 71.2 Å². The van der Waals surface area contributed by atoms with E-state index in [0.29, 0.717) is 6.42 Å². The second-order valence-corrected chi connectivity index (χ2v) is 7.57. The van der Waals surface area contributed by atoms with Gasteiger partial charge >= 0.3 is 0 Å². The summed E-state index contributed by atoms with van der Waals surface area (Å²) in [4.78, 5) is 17.1. The molecule has 0 unspecified atom stereocenters. The predicted octanol–water partition coefficient (Wildman–Crippen LogP) is 4.16. The van der Waals surface area contributed by atoms with Gasteiger partial charge in [-0.05, 0) is 42.7 Å². The standard InChI is InChI=1S/C23H25FN2O2/c1-17-3-8-21-19(16-28-22(21)13-17)14-23(27)26-10-2-9-25(11-12-26)15-18-4-6-20(24)7-5-18/h3-8,13,16H,2,9-12,14-15H2,1H3. The highest BCUT2D eigenvalue weighted by Crippen LogP contribution is 2.23. The number of carbonyl (C=O) groups is 1. The number of furan rings is 1. The van der Waals surface area contributed by atoms with Crippen LogP contribution in [-0.2, 0) is 17.8 Å². The molecule has 5 heteroatoms. The molecule has 1 saturated heterocycles. The number of aryl methyl sites for hydroxylation is 1. The molecule has 1 aromatic heterocycles. The summed E-state index contributed by atoms with van der Waals surface area (Å²) in [5.74, 6) is -0.0646. The topological polar surface area (TPSA) is 36.7 Å². The highest BCUT2D eigenvalue weighted by Gasteiger charge is 2.20. The van der Waals surface area contributed by atoms with Gasteiger partial charge in [0.1, 0.15) is 11.4 Å². The Morgan fingerprint density at radius 2 is 1.89 bits per heavy atom. The Morgan fingerprint density at radius 3 is 2.71 bits per heavy atom. The van der Waals surface area contributed by atoms with E-state index in [1.54, 1.807) is 6.26 Å². The molecular formula is C23H25FN2O2. The van der Waals surface area contributed by atoms with E-state index >= 15 is 0 Å². The van der Waals surface area contributed by atoms with Crippen molar-refractivity contribution < 1.29 is 13.6 Å². The van der Waals surface area contributed by atoms with Gasteiger partial charge in [-0.1, -0.05) is 24.3 Å². The molecule has 0 spiro atoms. The van der Waals surface area contributed by atoms with Crippen molar-refractivity contribution in [2.24, 2.45) is 0 Å². The number of amides is 1. The van der Waals surface area contributed by atoms with Crippen molar-refractivity contribution in [1.82, 2.24) is 9.80 Å². The second-order valence-electron chi connectivity index (χ2n) is 7.57. The molecule has 3 aromatic rings. The molecule has 0 saturated carbocycles. The van der Waals surface area contributed by atoms with E-state index in [1.165, 1.54) is 12.1 Å². The average molecular weight is 380 g/mol. The fourth-order valence-corrected chi connectivity index (χ4v) is 3.83. The van der Waals surface area contributed by atoms with E-state index in [9.17, 15) is 9.18 Å². The Kier molecular flexibility index (Phi) is 5.44.